The minimum absolute atomic E-state index is 0.111. The van der Waals surface area contributed by atoms with E-state index in [1.165, 1.54) is 6.33 Å². The summed E-state index contributed by atoms with van der Waals surface area (Å²) in [5.41, 5.74) is 1.26. The fraction of sp³-hybridized carbons (Fsp3) is 0.308. The van der Waals surface area contributed by atoms with Gasteiger partial charge < -0.3 is 5.32 Å². The normalized spacial score (nSPS) is 12.2. The van der Waals surface area contributed by atoms with E-state index in [1.807, 2.05) is 32.0 Å². The van der Waals surface area contributed by atoms with E-state index in [4.69, 9.17) is 0 Å². The molecule has 18 heavy (non-hydrogen) atoms. The molecule has 0 radical (unpaired) electrons. The number of anilines is 1. The molecule has 0 bridgehead atoms. The standard InChI is InChI=1S/C13H15FN4/c1-3-10-12(14)13(17-8-16-10)18-9(2)11-6-4-5-7-15-11/h4-9H,3H2,1-2H3,(H,16,17,18). The van der Waals surface area contributed by atoms with Gasteiger partial charge in [-0.25, -0.2) is 14.4 Å². The van der Waals surface area contributed by atoms with Crippen LogP contribution in [0.2, 0.25) is 0 Å². The van der Waals surface area contributed by atoms with Gasteiger partial charge in [0.05, 0.1) is 17.4 Å². The second kappa shape index (κ2) is 5.53. The molecule has 0 aliphatic rings. The van der Waals surface area contributed by atoms with Gasteiger partial charge in [-0.1, -0.05) is 13.0 Å². The van der Waals surface area contributed by atoms with Crippen LogP contribution in [0.15, 0.2) is 30.7 Å². The van der Waals surface area contributed by atoms with Crippen LogP contribution in [-0.4, -0.2) is 15.0 Å². The molecule has 94 valence electrons. The van der Waals surface area contributed by atoms with E-state index < -0.39 is 0 Å². The third-order valence-electron chi connectivity index (χ3n) is 2.68. The van der Waals surface area contributed by atoms with Crippen LogP contribution in [0.25, 0.3) is 0 Å². The van der Waals surface area contributed by atoms with Crippen molar-refractivity contribution in [1.82, 2.24) is 15.0 Å². The highest BCUT2D eigenvalue weighted by atomic mass is 19.1. The van der Waals surface area contributed by atoms with Gasteiger partial charge in [0.2, 0.25) is 0 Å². The Morgan fingerprint density at radius 1 is 1.28 bits per heavy atom. The molecule has 0 saturated heterocycles. The Hall–Kier alpha value is -2.04. The number of hydrogen-bond donors (Lipinski definition) is 1. The quantitative estimate of drug-likeness (QED) is 0.901. The molecule has 4 nitrogen and oxygen atoms in total. The van der Waals surface area contributed by atoms with E-state index in [9.17, 15) is 4.39 Å². The summed E-state index contributed by atoms with van der Waals surface area (Å²) in [5, 5.41) is 3.01. The molecule has 0 aliphatic heterocycles. The average Bonchev–Trinajstić information content (AvgIpc) is 2.42. The summed E-state index contributed by atoms with van der Waals surface area (Å²) < 4.78 is 13.9. The largest absolute Gasteiger partial charge is 0.359 e. The van der Waals surface area contributed by atoms with Crippen LogP contribution in [0, 0.1) is 5.82 Å². The third kappa shape index (κ3) is 2.61. The molecule has 2 heterocycles. The van der Waals surface area contributed by atoms with Crippen LogP contribution in [0.4, 0.5) is 10.2 Å². The first-order valence-corrected chi connectivity index (χ1v) is 5.89. The molecular formula is C13H15FN4. The second-order valence-corrected chi connectivity index (χ2v) is 3.96. The van der Waals surface area contributed by atoms with Gasteiger partial charge in [0.15, 0.2) is 11.6 Å². The lowest BCUT2D eigenvalue weighted by atomic mass is 10.2. The van der Waals surface area contributed by atoms with Crippen molar-refractivity contribution in [3.8, 4) is 0 Å². The highest BCUT2D eigenvalue weighted by molar-refractivity contribution is 5.39. The molecule has 2 rings (SSSR count). The average molecular weight is 246 g/mol. The van der Waals surface area contributed by atoms with Crippen LogP contribution in [0.3, 0.4) is 0 Å². The van der Waals surface area contributed by atoms with Gasteiger partial charge in [-0.15, -0.1) is 0 Å². The maximum Gasteiger partial charge on any atom is 0.186 e. The third-order valence-corrected chi connectivity index (χ3v) is 2.68. The molecular weight excluding hydrogens is 231 g/mol. The molecule has 5 heteroatoms. The molecule has 0 aliphatic carbocycles. The molecule has 0 fully saturated rings. The lowest BCUT2D eigenvalue weighted by Crippen LogP contribution is -2.12. The van der Waals surface area contributed by atoms with Crippen LogP contribution >= 0.6 is 0 Å². The van der Waals surface area contributed by atoms with Crippen molar-refractivity contribution in [3.63, 3.8) is 0 Å². The van der Waals surface area contributed by atoms with Crippen molar-refractivity contribution in [3.05, 3.63) is 47.9 Å². The van der Waals surface area contributed by atoms with Crippen molar-refractivity contribution in [1.29, 1.82) is 0 Å². The Bertz CT molecular complexity index is 516. The lowest BCUT2D eigenvalue weighted by molar-refractivity contribution is 0.593. The Morgan fingerprint density at radius 3 is 2.78 bits per heavy atom. The van der Waals surface area contributed by atoms with Gasteiger partial charge in [0.25, 0.3) is 0 Å². The van der Waals surface area contributed by atoms with Crippen LogP contribution in [0.1, 0.15) is 31.3 Å². The van der Waals surface area contributed by atoms with Crippen molar-refractivity contribution in [2.45, 2.75) is 26.3 Å². The minimum Gasteiger partial charge on any atom is -0.359 e. The number of hydrogen-bond acceptors (Lipinski definition) is 4. The predicted octanol–water partition coefficient (Wildman–Crippen LogP) is 2.75. The van der Waals surface area contributed by atoms with E-state index in [2.05, 4.69) is 20.3 Å². The number of pyridine rings is 1. The van der Waals surface area contributed by atoms with Gasteiger partial charge in [0, 0.05) is 6.20 Å². The summed E-state index contributed by atoms with van der Waals surface area (Å²) in [6, 6.07) is 5.52. The summed E-state index contributed by atoms with van der Waals surface area (Å²) in [6.45, 7) is 3.77. The Labute approximate surface area is 105 Å². The molecule has 1 N–H and O–H groups in total. The topological polar surface area (TPSA) is 50.7 Å². The summed E-state index contributed by atoms with van der Waals surface area (Å²) in [5.74, 6) is -0.164. The zero-order valence-corrected chi connectivity index (χ0v) is 10.4. The Balaban J connectivity index is 2.19. The molecule has 0 spiro atoms. The predicted molar refractivity (Wildman–Crippen MR) is 67.6 cm³/mol. The fourth-order valence-corrected chi connectivity index (χ4v) is 1.66. The van der Waals surface area contributed by atoms with E-state index in [1.54, 1.807) is 6.20 Å². The van der Waals surface area contributed by atoms with Crippen LogP contribution in [-0.2, 0) is 6.42 Å². The first-order chi connectivity index (χ1) is 8.72. The Kier molecular flexibility index (Phi) is 3.82. The first-order valence-electron chi connectivity index (χ1n) is 5.89. The maximum absolute atomic E-state index is 13.9. The monoisotopic (exact) mass is 246 g/mol. The van der Waals surface area contributed by atoms with Crippen molar-refractivity contribution in [2.75, 3.05) is 5.32 Å². The number of nitrogens with one attached hydrogen (secondary N) is 1. The summed E-state index contributed by atoms with van der Waals surface area (Å²) in [7, 11) is 0. The van der Waals surface area contributed by atoms with Gasteiger partial charge in [-0.2, -0.15) is 0 Å². The lowest BCUT2D eigenvalue weighted by Gasteiger charge is -2.14. The van der Waals surface area contributed by atoms with Crippen molar-refractivity contribution < 1.29 is 4.39 Å². The van der Waals surface area contributed by atoms with Crippen LogP contribution < -0.4 is 5.32 Å². The van der Waals surface area contributed by atoms with E-state index in [0.717, 1.165) is 5.69 Å². The highest BCUT2D eigenvalue weighted by Gasteiger charge is 2.13. The van der Waals surface area contributed by atoms with Gasteiger partial charge >= 0.3 is 0 Å². The molecule has 2 aromatic rings. The number of aryl methyl sites for hydroxylation is 1. The summed E-state index contributed by atoms with van der Waals surface area (Å²) in [4.78, 5) is 12.0. The smallest absolute Gasteiger partial charge is 0.186 e. The Morgan fingerprint density at radius 2 is 2.11 bits per heavy atom. The second-order valence-electron chi connectivity index (χ2n) is 3.96. The number of rotatable bonds is 4. The highest BCUT2D eigenvalue weighted by Crippen LogP contribution is 2.19. The van der Waals surface area contributed by atoms with Gasteiger partial charge in [-0.05, 0) is 25.5 Å². The number of halogens is 1. The zero-order valence-electron chi connectivity index (χ0n) is 10.4. The SMILES string of the molecule is CCc1ncnc(NC(C)c2ccccn2)c1F. The molecule has 2 aromatic heterocycles. The van der Waals surface area contributed by atoms with Gasteiger partial charge in [0.1, 0.15) is 6.33 Å². The first kappa shape index (κ1) is 12.4. The summed E-state index contributed by atoms with van der Waals surface area (Å²) >= 11 is 0. The van der Waals surface area contributed by atoms with Gasteiger partial charge in [-0.3, -0.25) is 4.98 Å². The number of nitrogens with zero attached hydrogens (tertiary/aromatic N) is 3. The molecule has 0 aromatic carbocycles. The molecule has 1 unspecified atom stereocenters. The van der Waals surface area contributed by atoms with E-state index in [0.29, 0.717) is 12.1 Å². The maximum atomic E-state index is 13.9. The fourth-order valence-electron chi connectivity index (χ4n) is 1.66. The number of aromatic nitrogens is 3. The molecule has 0 saturated carbocycles. The van der Waals surface area contributed by atoms with Crippen molar-refractivity contribution in [2.24, 2.45) is 0 Å². The van der Waals surface area contributed by atoms with Crippen LogP contribution in [0.5, 0.6) is 0 Å². The van der Waals surface area contributed by atoms with E-state index >= 15 is 0 Å². The van der Waals surface area contributed by atoms with Crippen molar-refractivity contribution >= 4 is 5.82 Å². The van der Waals surface area contributed by atoms with E-state index in [-0.39, 0.29) is 17.7 Å². The summed E-state index contributed by atoms with van der Waals surface area (Å²) in [6.07, 6.45) is 3.62. The molecule has 1 atom stereocenters. The molecule has 0 amide bonds. The zero-order chi connectivity index (χ0) is 13.0. The minimum atomic E-state index is -0.386.